The first-order valence-electron chi connectivity index (χ1n) is 8.52. The maximum Gasteiger partial charge on any atom is 0.147 e. The van der Waals surface area contributed by atoms with Gasteiger partial charge in [-0.2, -0.15) is 0 Å². The molecule has 0 fully saturated rings. The second-order valence-corrected chi connectivity index (χ2v) is 8.03. The summed E-state index contributed by atoms with van der Waals surface area (Å²) < 4.78 is 0. The summed E-state index contributed by atoms with van der Waals surface area (Å²) in [6.45, 7) is 0. The monoisotopic (exact) mass is 463 g/mol. The van der Waals surface area contributed by atoms with Crippen LogP contribution in [0.3, 0.4) is 0 Å². The Labute approximate surface area is 187 Å². The average molecular weight is 465 g/mol. The number of nitrogens with one attached hydrogen (secondary N) is 1. The smallest absolute Gasteiger partial charge is 0.147 e. The molecule has 4 nitrogen and oxygen atoms in total. The van der Waals surface area contributed by atoms with E-state index in [1.807, 2.05) is 24.3 Å². The number of nitrogens with zero attached hydrogens (tertiary/aromatic N) is 2. The summed E-state index contributed by atoms with van der Waals surface area (Å²) in [5.41, 5.74) is 1.82. The standard InChI is InChI=1S/C21H13Cl4N3O/c22-13-6-12(7-14(23)8-13)19(28-18-9-16(24)17(25)10-27-18)15-4-3-11-2-1-5-26-20(11)21(15)29/h1-10,19,29H,(H,27,28). The predicted octanol–water partition coefficient (Wildman–Crippen LogP) is 7.15. The molecule has 0 aliphatic heterocycles. The fourth-order valence-corrected chi connectivity index (χ4v) is 3.90. The molecule has 0 amide bonds. The number of phenolic OH excluding ortho intramolecular Hbond substituents is 1. The molecule has 146 valence electrons. The van der Waals surface area contributed by atoms with Crippen molar-refractivity contribution in [2.45, 2.75) is 6.04 Å². The van der Waals surface area contributed by atoms with Crippen LogP contribution >= 0.6 is 46.4 Å². The third kappa shape index (κ3) is 4.21. The number of rotatable bonds is 4. The van der Waals surface area contributed by atoms with E-state index in [0.29, 0.717) is 37.0 Å². The Morgan fingerprint density at radius 2 is 1.62 bits per heavy atom. The number of aromatic hydroxyl groups is 1. The first kappa shape index (κ1) is 20.0. The molecular weight excluding hydrogens is 452 g/mol. The van der Waals surface area contributed by atoms with Gasteiger partial charge in [-0.05, 0) is 29.8 Å². The van der Waals surface area contributed by atoms with Gasteiger partial charge < -0.3 is 10.4 Å². The van der Waals surface area contributed by atoms with Gasteiger partial charge in [0.15, 0.2) is 0 Å². The lowest BCUT2D eigenvalue weighted by Gasteiger charge is -2.22. The van der Waals surface area contributed by atoms with Crippen LogP contribution in [-0.2, 0) is 0 Å². The number of hydrogen-bond acceptors (Lipinski definition) is 4. The van der Waals surface area contributed by atoms with Gasteiger partial charge in [0.25, 0.3) is 0 Å². The first-order chi connectivity index (χ1) is 13.9. The molecule has 0 aliphatic carbocycles. The average Bonchev–Trinajstić information content (AvgIpc) is 2.69. The molecule has 29 heavy (non-hydrogen) atoms. The summed E-state index contributed by atoms with van der Waals surface area (Å²) in [5.74, 6) is 0.526. The lowest BCUT2D eigenvalue weighted by atomic mass is 9.96. The van der Waals surface area contributed by atoms with Crippen molar-refractivity contribution in [3.63, 3.8) is 0 Å². The van der Waals surface area contributed by atoms with Crippen LogP contribution in [-0.4, -0.2) is 15.1 Å². The molecule has 1 atom stereocenters. The van der Waals surface area contributed by atoms with Gasteiger partial charge in [-0.1, -0.05) is 64.6 Å². The summed E-state index contributed by atoms with van der Waals surface area (Å²) in [5, 5.41) is 16.7. The maximum atomic E-state index is 11.0. The molecule has 2 aromatic carbocycles. The van der Waals surface area contributed by atoms with Crippen LogP contribution < -0.4 is 5.32 Å². The lowest BCUT2D eigenvalue weighted by molar-refractivity contribution is 0.471. The van der Waals surface area contributed by atoms with Gasteiger partial charge in [0.05, 0.1) is 16.1 Å². The van der Waals surface area contributed by atoms with Crippen molar-refractivity contribution >= 4 is 63.1 Å². The quantitative estimate of drug-likeness (QED) is 0.336. The van der Waals surface area contributed by atoms with Crippen molar-refractivity contribution in [1.29, 1.82) is 0 Å². The van der Waals surface area contributed by atoms with E-state index < -0.39 is 6.04 Å². The number of aromatic nitrogens is 2. The van der Waals surface area contributed by atoms with E-state index in [4.69, 9.17) is 46.4 Å². The Bertz CT molecular complexity index is 1200. The van der Waals surface area contributed by atoms with Gasteiger partial charge >= 0.3 is 0 Å². The Kier molecular flexibility index (Phi) is 5.70. The van der Waals surface area contributed by atoms with Crippen molar-refractivity contribution in [3.8, 4) is 5.75 Å². The summed E-state index contributed by atoms with van der Waals surface area (Å²) in [7, 11) is 0. The van der Waals surface area contributed by atoms with E-state index in [9.17, 15) is 5.11 Å². The normalized spacial score (nSPS) is 12.1. The van der Waals surface area contributed by atoms with Crippen molar-refractivity contribution in [3.05, 3.63) is 92.1 Å². The highest BCUT2D eigenvalue weighted by atomic mass is 35.5. The zero-order valence-corrected chi connectivity index (χ0v) is 17.7. The molecule has 2 N–H and O–H groups in total. The molecule has 4 rings (SSSR count). The summed E-state index contributed by atoms with van der Waals surface area (Å²) in [4.78, 5) is 8.58. The van der Waals surface area contributed by atoms with Gasteiger partial charge in [0.1, 0.15) is 17.1 Å². The van der Waals surface area contributed by atoms with E-state index in [1.54, 1.807) is 30.5 Å². The van der Waals surface area contributed by atoms with Crippen LogP contribution in [0.2, 0.25) is 20.1 Å². The van der Waals surface area contributed by atoms with Crippen molar-refractivity contribution < 1.29 is 5.11 Å². The molecule has 1 unspecified atom stereocenters. The van der Waals surface area contributed by atoms with E-state index in [1.165, 1.54) is 6.20 Å². The molecular formula is C21H13Cl4N3O. The van der Waals surface area contributed by atoms with E-state index in [2.05, 4.69) is 15.3 Å². The summed E-state index contributed by atoms with van der Waals surface area (Å²) >= 11 is 24.6. The van der Waals surface area contributed by atoms with Crippen LogP contribution in [0.25, 0.3) is 10.9 Å². The number of anilines is 1. The molecule has 4 aromatic rings. The van der Waals surface area contributed by atoms with E-state index in [0.717, 1.165) is 10.9 Å². The molecule has 0 spiro atoms. The first-order valence-corrected chi connectivity index (χ1v) is 10.0. The fraction of sp³-hybridized carbons (Fsp3) is 0.0476. The topological polar surface area (TPSA) is 58.0 Å². The number of halogens is 4. The minimum atomic E-state index is -0.526. The number of pyridine rings is 2. The number of fused-ring (bicyclic) bond motifs is 1. The lowest BCUT2D eigenvalue weighted by Crippen LogP contribution is -2.14. The molecule has 8 heteroatoms. The SMILES string of the molecule is Oc1c(C(Nc2cc(Cl)c(Cl)cn2)c2cc(Cl)cc(Cl)c2)ccc2cccnc12. The highest BCUT2D eigenvalue weighted by Gasteiger charge is 2.21. The zero-order valence-electron chi connectivity index (χ0n) is 14.7. The van der Waals surface area contributed by atoms with Crippen molar-refractivity contribution in [2.24, 2.45) is 0 Å². The Hall–Kier alpha value is -2.24. The zero-order chi connectivity index (χ0) is 20.5. The largest absolute Gasteiger partial charge is 0.505 e. The second kappa shape index (κ2) is 8.25. The van der Waals surface area contributed by atoms with Crippen molar-refractivity contribution in [1.82, 2.24) is 9.97 Å². The number of benzene rings is 2. The summed E-state index contributed by atoms with van der Waals surface area (Å²) in [6.07, 6.45) is 3.08. The van der Waals surface area contributed by atoms with Crippen LogP contribution in [0.15, 0.2) is 60.9 Å². The highest BCUT2D eigenvalue weighted by Crippen LogP contribution is 2.38. The molecule has 0 bridgehead atoms. The van der Waals surface area contributed by atoms with Crippen LogP contribution in [0.1, 0.15) is 17.2 Å². The highest BCUT2D eigenvalue weighted by molar-refractivity contribution is 6.42. The molecule has 0 radical (unpaired) electrons. The minimum absolute atomic E-state index is 0.0526. The molecule has 0 saturated heterocycles. The third-order valence-electron chi connectivity index (χ3n) is 4.41. The Morgan fingerprint density at radius 1 is 0.862 bits per heavy atom. The van der Waals surface area contributed by atoms with Gasteiger partial charge in [-0.3, -0.25) is 4.98 Å². The molecule has 2 heterocycles. The van der Waals surface area contributed by atoms with Crippen molar-refractivity contribution in [2.75, 3.05) is 5.32 Å². The van der Waals surface area contributed by atoms with E-state index >= 15 is 0 Å². The van der Waals surface area contributed by atoms with Crippen LogP contribution in [0.5, 0.6) is 5.75 Å². The third-order valence-corrected chi connectivity index (χ3v) is 5.56. The summed E-state index contributed by atoms with van der Waals surface area (Å²) in [6, 6.07) is 13.7. The van der Waals surface area contributed by atoms with Crippen LogP contribution in [0, 0.1) is 0 Å². The van der Waals surface area contributed by atoms with Gasteiger partial charge in [-0.25, -0.2) is 4.98 Å². The Balaban J connectivity index is 1.88. The van der Waals surface area contributed by atoms with Gasteiger partial charge in [0, 0.05) is 39.5 Å². The maximum absolute atomic E-state index is 11.0. The predicted molar refractivity (Wildman–Crippen MR) is 120 cm³/mol. The molecule has 0 saturated carbocycles. The number of hydrogen-bond donors (Lipinski definition) is 2. The van der Waals surface area contributed by atoms with Crippen LogP contribution in [0.4, 0.5) is 5.82 Å². The molecule has 0 aliphatic rings. The van der Waals surface area contributed by atoms with E-state index in [-0.39, 0.29) is 5.75 Å². The Morgan fingerprint density at radius 3 is 2.34 bits per heavy atom. The second-order valence-electron chi connectivity index (χ2n) is 6.34. The fourth-order valence-electron chi connectivity index (χ4n) is 3.10. The van der Waals surface area contributed by atoms with Gasteiger partial charge in [-0.15, -0.1) is 0 Å². The minimum Gasteiger partial charge on any atom is -0.505 e. The molecule has 2 aromatic heterocycles. The van der Waals surface area contributed by atoms with Gasteiger partial charge in [0.2, 0.25) is 0 Å². The number of phenols is 1.